The summed E-state index contributed by atoms with van der Waals surface area (Å²) in [7, 11) is 0. The van der Waals surface area contributed by atoms with Crippen molar-refractivity contribution in [2.45, 2.75) is 18.9 Å². The smallest absolute Gasteiger partial charge is 0.236 e. The van der Waals surface area contributed by atoms with Gasteiger partial charge in [-0.3, -0.25) is 9.69 Å². The highest BCUT2D eigenvalue weighted by Gasteiger charge is 2.40. The summed E-state index contributed by atoms with van der Waals surface area (Å²) in [6.45, 7) is 6.44. The van der Waals surface area contributed by atoms with Gasteiger partial charge in [0.1, 0.15) is 5.60 Å². The van der Waals surface area contributed by atoms with Gasteiger partial charge in [0.05, 0.1) is 26.3 Å². The van der Waals surface area contributed by atoms with Crippen LogP contribution in [0.15, 0.2) is 24.3 Å². The van der Waals surface area contributed by atoms with Gasteiger partial charge in [-0.25, -0.2) is 0 Å². The first-order valence-electron chi connectivity index (χ1n) is 7.95. The lowest BCUT2D eigenvalue weighted by Gasteiger charge is -2.29. The van der Waals surface area contributed by atoms with E-state index >= 15 is 0 Å². The molecule has 5 nitrogen and oxygen atoms in total. The molecule has 0 radical (unpaired) electrons. The molecule has 2 heterocycles. The number of hydrogen-bond donors (Lipinski definition) is 1. The van der Waals surface area contributed by atoms with Crippen molar-refractivity contribution in [3.63, 3.8) is 0 Å². The van der Waals surface area contributed by atoms with Gasteiger partial charge in [-0.15, -0.1) is 0 Å². The summed E-state index contributed by atoms with van der Waals surface area (Å²) in [5, 5.41) is 10.9. The fraction of sp³-hybridized carbons (Fsp3) is 0.588. The molecule has 2 fully saturated rings. The van der Waals surface area contributed by atoms with Crippen LogP contribution >= 0.6 is 0 Å². The Morgan fingerprint density at radius 1 is 1.27 bits per heavy atom. The fourth-order valence-electron chi connectivity index (χ4n) is 3.37. The zero-order valence-corrected chi connectivity index (χ0v) is 13.1. The molecule has 1 aromatic rings. The monoisotopic (exact) mass is 304 g/mol. The van der Waals surface area contributed by atoms with Gasteiger partial charge in [-0.05, 0) is 24.5 Å². The maximum absolute atomic E-state index is 12.4. The molecule has 2 aliphatic rings. The van der Waals surface area contributed by atoms with E-state index in [0.29, 0.717) is 39.3 Å². The molecule has 2 saturated heterocycles. The first-order valence-corrected chi connectivity index (χ1v) is 7.95. The fourth-order valence-corrected chi connectivity index (χ4v) is 3.37. The Labute approximate surface area is 131 Å². The Morgan fingerprint density at radius 2 is 2.00 bits per heavy atom. The van der Waals surface area contributed by atoms with E-state index in [-0.39, 0.29) is 5.91 Å². The van der Waals surface area contributed by atoms with E-state index in [1.165, 1.54) is 0 Å². The summed E-state index contributed by atoms with van der Waals surface area (Å²) < 4.78 is 5.30. The van der Waals surface area contributed by atoms with E-state index in [4.69, 9.17) is 4.74 Å². The SMILES string of the molecule is Cc1ccccc1[C@]1(O)CCN(C(=O)CN2CCOCC2)C1. The van der Waals surface area contributed by atoms with E-state index < -0.39 is 5.60 Å². The van der Waals surface area contributed by atoms with Gasteiger partial charge in [-0.1, -0.05) is 24.3 Å². The number of aryl methyl sites for hydroxylation is 1. The number of benzene rings is 1. The first-order chi connectivity index (χ1) is 10.6. The second-order valence-electron chi connectivity index (χ2n) is 6.30. The summed E-state index contributed by atoms with van der Waals surface area (Å²) in [6.07, 6.45) is 0.604. The predicted molar refractivity (Wildman–Crippen MR) is 83.5 cm³/mol. The second kappa shape index (κ2) is 6.36. The second-order valence-corrected chi connectivity index (χ2v) is 6.30. The summed E-state index contributed by atoms with van der Waals surface area (Å²) in [5.74, 6) is 0.103. The van der Waals surface area contributed by atoms with Gasteiger partial charge >= 0.3 is 0 Å². The number of aliphatic hydroxyl groups is 1. The van der Waals surface area contributed by atoms with Crippen LogP contribution in [0.5, 0.6) is 0 Å². The molecule has 1 amide bonds. The summed E-state index contributed by atoms with van der Waals surface area (Å²) in [4.78, 5) is 16.4. The van der Waals surface area contributed by atoms with Gasteiger partial charge in [0, 0.05) is 19.6 Å². The zero-order valence-electron chi connectivity index (χ0n) is 13.1. The van der Waals surface area contributed by atoms with E-state index in [0.717, 1.165) is 24.2 Å². The highest BCUT2D eigenvalue weighted by molar-refractivity contribution is 5.78. The summed E-state index contributed by atoms with van der Waals surface area (Å²) in [6, 6.07) is 7.88. The minimum absolute atomic E-state index is 0.103. The Kier molecular flexibility index (Phi) is 4.47. The molecule has 2 aliphatic heterocycles. The van der Waals surface area contributed by atoms with Crippen LogP contribution < -0.4 is 0 Å². The molecule has 3 rings (SSSR count). The number of hydrogen-bond acceptors (Lipinski definition) is 4. The lowest BCUT2D eigenvalue weighted by atomic mass is 9.89. The largest absolute Gasteiger partial charge is 0.383 e. The minimum Gasteiger partial charge on any atom is -0.383 e. The van der Waals surface area contributed by atoms with Crippen molar-refractivity contribution in [1.82, 2.24) is 9.80 Å². The van der Waals surface area contributed by atoms with Crippen LogP contribution in [-0.2, 0) is 15.1 Å². The number of ether oxygens (including phenoxy) is 1. The van der Waals surface area contributed by atoms with Crippen LogP contribution in [0.4, 0.5) is 0 Å². The topological polar surface area (TPSA) is 53.0 Å². The molecule has 1 atom stereocenters. The number of carbonyl (C=O) groups excluding carboxylic acids is 1. The normalized spacial score (nSPS) is 26.4. The number of carbonyl (C=O) groups is 1. The third-order valence-electron chi connectivity index (χ3n) is 4.71. The number of morpholine rings is 1. The molecule has 0 aliphatic carbocycles. The van der Waals surface area contributed by atoms with Crippen molar-refractivity contribution < 1.29 is 14.6 Å². The highest BCUT2D eigenvalue weighted by Crippen LogP contribution is 2.33. The van der Waals surface area contributed by atoms with Crippen LogP contribution in [0.3, 0.4) is 0 Å². The van der Waals surface area contributed by atoms with Gasteiger partial charge in [0.2, 0.25) is 5.91 Å². The minimum atomic E-state index is -0.911. The average molecular weight is 304 g/mol. The van der Waals surface area contributed by atoms with E-state index in [1.807, 2.05) is 31.2 Å². The number of rotatable bonds is 3. The molecular formula is C17H24N2O3. The van der Waals surface area contributed by atoms with Gasteiger partial charge in [0.25, 0.3) is 0 Å². The first kappa shape index (κ1) is 15.5. The maximum atomic E-state index is 12.4. The predicted octanol–water partition coefficient (Wildman–Crippen LogP) is 0.747. The van der Waals surface area contributed by atoms with Crippen molar-refractivity contribution in [2.75, 3.05) is 45.9 Å². The standard InChI is InChI=1S/C17H24N2O3/c1-14-4-2-3-5-15(14)17(21)6-7-19(13-17)16(20)12-18-8-10-22-11-9-18/h2-5,21H,6-13H2,1H3/t17-/m0/s1. The van der Waals surface area contributed by atoms with Crippen molar-refractivity contribution >= 4 is 5.91 Å². The molecule has 0 unspecified atom stereocenters. The summed E-state index contributed by atoms with van der Waals surface area (Å²) >= 11 is 0. The van der Waals surface area contributed by atoms with E-state index in [1.54, 1.807) is 4.90 Å². The molecule has 0 bridgehead atoms. The molecule has 22 heavy (non-hydrogen) atoms. The Balaban J connectivity index is 1.64. The third kappa shape index (κ3) is 3.16. The van der Waals surface area contributed by atoms with Crippen molar-refractivity contribution in [3.8, 4) is 0 Å². The van der Waals surface area contributed by atoms with Crippen molar-refractivity contribution in [3.05, 3.63) is 35.4 Å². The molecule has 1 N–H and O–H groups in total. The van der Waals surface area contributed by atoms with Crippen LogP contribution in [-0.4, -0.2) is 66.8 Å². The molecule has 120 valence electrons. The molecule has 0 saturated carbocycles. The van der Waals surface area contributed by atoms with Crippen molar-refractivity contribution in [2.24, 2.45) is 0 Å². The molecular weight excluding hydrogens is 280 g/mol. The van der Waals surface area contributed by atoms with Crippen LogP contribution in [0.2, 0.25) is 0 Å². The summed E-state index contributed by atoms with van der Waals surface area (Å²) in [5.41, 5.74) is 1.11. The Hall–Kier alpha value is -1.43. The maximum Gasteiger partial charge on any atom is 0.236 e. The molecule has 0 aromatic heterocycles. The van der Waals surface area contributed by atoms with Gasteiger partial charge < -0.3 is 14.7 Å². The molecule has 5 heteroatoms. The zero-order chi connectivity index (χ0) is 15.6. The number of β-amino-alcohol motifs (C(OH)–C–C–N with tert-alkyl or cyclic N) is 1. The highest BCUT2D eigenvalue weighted by atomic mass is 16.5. The van der Waals surface area contributed by atoms with Crippen LogP contribution in [0.1, 0.15) is 17.5 Å². The van der Waals surface area contributed by atoms with Gasteiger partial charge in [0.15, 0.2) is 0 Å². The molecule has 0 spiro atoms. The Bertz CT molecular complexity index is 542. The van der Waals surface area contributed by atoms with Crippen LogP contribution in [0.25, 0.3) is 0 Å². The van der Waals surface area contributed by atoms with E-state index in [9.17, 15) is 9.90 Å². The average Bonchev–Trinajstić information content (AvgIpc) is 2.92. The van der Waals surface area contributed by atoms with Crippen LogP contribution in [0, 0.1) is 6.92 Å². The quantitative estimate of drug-likeness (QED) is 0.895. The van der Waals surface area contributed by atoms with E-state index in [2.05, 4.69) is 4.90 Å². The third-order valence-corrected chi connectivity index (χ3v) is 4.71. The number of nitrogens with zero attached hydrogens (tertiary/aromatic N) is 2. The number of amides is 1. The Morgan fingerprint density at radius 3 is 2.73 bits per heavy atom. The lowest BCUT2D eigenvalue weighted by Crippen LogP contribution is -2.45. The van der Waals surface area contributed by atoms with Gasteiger partial charge in [-0.2, -0.15) is 0 Å². The number of likely N-dealkylation sites (tertiary alicyclic amines) is 1. The lowest BCUT2D eigenvalue weighted by molar-refractivity contribution is -0.133. The molecule has 1 aromatic carbocycles. The van der Waals surface area contributed by atoms with Crippen molar-refractivity contribution in [1.29, 1.82) is 0 Å².